The van der Waals surface area contributed by atoms with Crippen molar-refractivity contribution in [3.8, 4) is 0 Å². The number of piperidine rings is 1. The number of rotatable bonds is 4. The van der Waals surface area contributed by atoms with Crippen molar-refractivity contribution in [2.45, 2.75) is 45.4 Å². The van der Waals surface area contributed by atoms with Crippen LogP contribution in [0.3, 0.4) is 0 Å². The maximum atomic E-state index is 13.6. The molecule has 1 aliphatic rings. The number of carbonyl (C=O) groups excluding carboxylic acids is 1. The van der Waals surface area contributed by atoms with Crippen LogP contribution >= 0.6 is 0 Å². The number of amides is 2. The molecule has 22 heavy (non-hydrogen) atoms. The lowest BCUT2D eigenvalue weighted by molar-refractivity contribution is -0.00172. The van der Waals surface area contributed by atoms with Crippen molar-refractivity contribution in [2.24, 2.45) is 0 Å². The lowest BCUT2D eigenvalue weighted by atomic mass is 10.1. The van der Waals surface area contributed by atoms with Crippen LogP contribution in [0.5, 0.6) is 0 Å². The zero-order valence-corrected chi connectivity index (χ0v) is 12.9. The van der Waals surface area contributed by atoms with Gasteiger partial charge in [-0.05, 0) is 32.8 Å². The number of ether oxygens (including phenoxy) is 1. The highest BCUT2D eigenvalue weighted by atomic mass is 19.2. The van der Waals surface area contributed by atoms with E-state index in [2.05, 4.69) is 5.32 Å². The summed E-state index contributed by atoms with van der Waals surface area (Å²) in [4.78, 5) is 13.7. The molecule has 1 aliphatic heterocycles. The van der Waals surface area contributed by atoms with Crippen LogP contribution in [0.1, 0.15) is 32.3 Å². The third kappa shape index (κ3) is 4.40. The summed E-state index contributed by atoms with van der Waals surface area (Å²) in [6.45, 7) is 4.97. The van der Waals surface area contributed by atoms with E-state index in [1.807, 2.05) is 13.8 Å². The molecule has 1 fully saturated rings. The summed E-state index contributed by atoms with van der Waals surface area (Å²) >= 11 is 0. The number of nitrogens with one attached hydrogen (secondary N) is 1. The molecule has 1 aromatic carbocycles. The second-order valence-corrected chi connectivity index (χ2v) is 5.84. The van der Waals surface area contributed by atoms with E-state index in [1.54, 1.807) is 4.90 Å². The van der Waals surface area contributed by atoms with Gasteiger partial charge in [-0.15, -0.1) is 0 Å². The van der Waals surface area contributed by atoms with Gasteiger partial charge in [0.05, 0.1) is 12.7 Å². The average molecular weight is 312 g/mol. The summed E-state index contributed by atoms with van der Waals surface area (Å²) in [6.07, 6.45) is 1.49. The van der Waals surface area contributed by atoms with Crippen molar-refractivity contribution in [3.63, 3.8) is 0 Å². The normalized spacial score (nSPS) is 18.6. The first-order valence-electron chi connectivity index (χ1n) is 7.57. The highest BCUT2D eigenvalue weighted by Gasteiger charge is 2.24. The second kappa shape index (κ2) is 7.54. The van der Waals surface area contributed by atoms with Gasteiger partial charge < -0.3 is 15.0 Å². The predicted molar refractivity (Wildman–Crippen MR) is 79.4 cm³/mol. The SMILES string of the molecule is CC(C)NC(=O)N1CCCC(OCc2cccc(F)c2F)C1. The van der Waals surface area contributed by atoms with Crippen LogP contribution in [0.15, 0.2) is 18.2 Å². The number of hydrogen-bond donors (Lipinski definition) is 1. The van der Waals surface area contributed by atoms with Crippen LogP contribution in [0.4, 0.5) is 13.6 Å². The number of benzene rings is 1. The molecule has 0 bridgehead atoms. The number of nitrogens with zero attached hydrogens (tertiary/aromatic N) is 1. The zero-order chi connectivity index (χ0) is 16.1. The van der Waals surface area contributed by atoms with Gasteiger partial charge in [0.2, 0.25) is 0 Å². The zero-order valence-electron chi connectivity index (χ0n) is 12.9. The molecule has 0 saturated carbocycles. The van der Waals surface area contributed by atoms with E-state index in [4.69, 9.17) is 4.74 Å². The van der Waals surface area contributed by atoms with E-state index in [0.717, 1.165) is 18.9 Å². The largest absolute Gasteiger partial charge is 0.372 e. The van der Waals surface area contributed by atoms with Crippen molar-refractivity contribution >= 4 is 6.03 Å². The van der Waals surface area contributed by atoms with Gasteiger partial charge in [0, 0.05) is 24.7 Å². The second-order valence-electron chi connectivity index (χ2n) is 5.84. The third-order valence-corrected chi connectivity index (χ3v) is 3.58. The highest BCUT2D eigenvalue weighted by molar-refractivity contribution is 5.74. The van der Waals surface area contributed by atoms with Crippen LogP contribution in [-0.2, 0) is 11.3 Å². The first-order valence-corrected chi connectivity index (χ1v) is 7.57. The molecule has 1 atom stereocenters. The standard InChI is InChI=1S/C16H22F2N2O2/c1-11(2)19-16(21)20-8-4-6-13(9-20)22-10-12-5-3-7-14(17)15(12)18/h3,5,7,11,13H,4,6,8-10H2,1-2H3,(H,19,21). The molecular formula is C16H22F2N2O2. The number of likely N-dealkylation sites (tertiary alicyclic amines) is 1. The van der Waals surface area contributed by atoms with E-state index >= 15 is 0 Å². The molecule has 6 heteroatoms. The first kappa shape index (κ1) is 16.7. The van der Waals surface area contributed by atoms with Gasteiger partial charge in [0.1, 0.15) is 0 Å². The molecule has 0 aromatic heterocycles. The summed E-state index contributed by atoms with van der Waals surface area (Å²) in [5, 5.41) is 2.85. The Bertz CT molecular complexity index is 523. The predicted octanol–water partition coefficient (Wildman–Crippen LogP) is 3.06. The number of carbonyl (C=O) groups is 1. The Morgan fingerprint density at radius 3 is 2.95 bits per heavy atom. The molecule has 1 aromatic rings. The molecule has 1 N–H and O–H groups in total. The van der Waals surface area contributed by atoms with Gasteiger partial charge >= 0.3 is 6.03 Å². The van der Waals surface area contributed by atoms with Gasteiger partial charge in [-0.25, -0.2) is 13.6 Å². The van der Waals surface area contributed by atoms with E-state index in [9.17, 15) is 13.6 Å². The van der Waals surface area contributed by atoms with Crippen molar-refractivity contribution in [1.82, 2.24) is 10.2 Å². The lowest BCUT2D eigenvalue weighted by Crippen LogP contribution is -2.49. The quantitative estimate of drug-likeness (QED) is 0.928. The Morgan fingerprint density at radius 1 is 1.45 bits per heavy atom. The van der Waals surface area contributed by atoms with Gasteiger partial charge in [0.25, 0.3) is 0 Å². The number of urea groups is 1. The van der Waals surface area contributed by atoms with Gasteiger partial charge in [-0.3, -0.25) is 0 Å². The maximum absolute atomic E-state index is 13.6. The Hall–Kier alpha value is -1.69. The smallest absolute Gasteiger partial charge is 0.317 e. The Kier molecular flexibility index (Phi) is 5.71. The summed E-state index contributed by atoms with van der Waals surface area (Å²) in [5.74, 6) is -1.74. The molecule has 0 aliphatic carbocycles. The average Bonchev–Trinajstić information content (AvgIpc) is 2.48. The molecule has 2 amide bonds. The Balaban J connectivity index is 1.88. The summed E-state index contributed by atoms with van der Waals surface area (Å²) in [5.41, 5.74) is 0.198. The van der Waals surface area contributed by atoms with Crippen LogP contribution in [0.2, 0.25) is 0 Å². The fourth-order valence-corrected chi connectivity index (χ4v) is 2.46. The fraction of sp³-hybridized carbons (Fsp3) is 0.562. The van der Waals surface area contributed by atoms with E-state index in [0.29, 0.717) is 13.1 Å². The molecular weight excluding hydrogens is 290 g/mol. The van der Waals surface area contributed by atoms with Crippen LogP contribution in [0, 0.1) is 11.6 Å². The molecule has 1 unspecified atom stereocenters. The monoisotopic (exact) mass is 312 g/mol. The summed E-state index contributed by atoms with van der Waals surface area (Å²) in [7, 11) is 0. The minimum Gasteiger partial charge on any atom is -0.372 e. The third-order valence-electron chi connectivity index (χ3n) is 3.58. The molecule has 2 rings (SSSR count). The molecule has 1 heterocycles. The lowest BCUT2D eigenvalue weighted by Gasteiger charge is -2.33. The first-order chi connectivity index (χ1) is 10.5. The molecule has 122 valence electrons. The van der Waals surface area contributed by atoms with E-state index in [1.165, 1.54) is 12.1 Å². The van der Waals surface area contributed by atoms with Crippen molar-refractivity contribution in [3.05, 3.63) is 35.4 Å². The molecule has 1 saturated heterocycles. The Labute approximate surface area is 129 Å². The maximum Gasteiger partial charge on any atom is 0.317 e. The molecule has 0 spiro atoms. The van der Waals surface area contributed by atoms with Crippen molar-refractivity contribution in [1.29, 1.82) is 0 Å². The van der Waals surface area contributed by atoms with Gasteiger partial charge in [-0.1, -0.05) is 12.1 Å². The topological polar surface area (TPSA) is 41.6 Å². The van der Waals surface area contributed by atoms with Gasteiger partial charge in [-0.2, -0.15) is 0 Å². The number of hydrogen-bond acceptors (Lipinski definition) is 2. The minimum atomic E-state index is -0.873. The highest BCUT2D eigenvalue weighted by Crippen LogP contribution is 2.17. The fourth-order valence-electron chi connectivity index (χ4n) is 2.46. The van der Waals surface area contributed by atoms with Crippen LogP contribution in [-0.4, -0.2) is 36.2 Å². The number of halogens is 2. The molecule has 0 radical (unpaired) electrons. The Morgan fingerprint density at radius 2 is 2.23 bits per heavy atom. The van der Waals surface area contributed by atoms with E-state index < -0.39 is 11.6 Å². The van der Waals surface area contributed by atoms with Crippen LogP contribution < -0.4 is 5.32 Å². The van der Waals surface area contributed by atoms with Crippen molar-refractivity contribution in [2.75, 3.05) is 13.1 Å². The van der Waals surface area contributed by atoms with Crippen LogP contribution in [0.25, 0.3) is 0 Å². The molecule has 4 nitrogen and oxygen atoms in total. The summed E-state index contributed by atoms with van der Waals surface area (Å²) < 4.78 is 32.4. The summed E-state index contributed by atoms with van der Waals surface area (Å²) in [6, 6.07) is 4.01. The van der Waals surface area contributed by atoms with Crippen molar-refractivity contribution < 1.29 is 18.3 Å². The van der Waals surface area contributed by atoms with E-state index in [-0.39, 0.29) is 30.3 Å². The van der Waals surface area contributed by atoms with Gasteiger partial charge in [0.15, 0.2) is 11.6 Å². The minimum absolute atomic E-state index is 0.00784.